The molecule has 17 heavy (non-hydrogen) atoms. The Kier molecular flexibility index (Phi) is 2.59. The molecular weight excluding hydrogens is 230 g/mol. The summed E-state index contributed by atoms with van der Waals surface area (Å²) < 4.78 is 2.35. The van der Waals surface area contributed by atoms with Crippen molar-refractivity contribution in [3.8, 4) is 11.3 Å². The number of aryl methyl sites for hydroxylation is 2. The lowest BCUT2D eigenvalue weighted by Crippen LogP contribution is -2.39. The summed E-state index contributed by atoms with van der Waals surface area (Å²) >= 11 is 1.63. The third-order valence-corrected chi connectivity index (χ3v) is 4.15. The van der Waals surface area contributed by atoms with Crippen molar-refractivity contribution in [3.63, 3.8) is 0 Å². The van der Waals surface area contributed by atoms with Crippen LogP contribution >= 0.6 is 11.3 Å². The van der Waals surface area contributed by atoms with E-state index in [1.807, 2.05) is 0 Å². The zero-order valence-electron chi connectivity index (χ0n) is 9.94. The fourth-order valence-corrected chi connectivity index (χ4v) is 3.36. The summed E-state index contributed by atoms with van der Waals surface area (Å²) in [5.74, 6) is 0. The van der Waals surface area contributed by atoms with Crippen LogP contribution < -0.4 is 10.3 Å². The van der Waals surface area contributed by atoms with Crippen molar-refractivity contribution in [2.24, 2.45) is 0 Å². The summed E-state index contributed by atoms with van der Waals surface area (Å²) in [5, 5.41) is 0.689. The van der Waals surface area contributed by atoms with E-state index in [4.69, 9.17) is 5.73 Å². The largest absolute Gasteiger partial charge is 0.375 e. The molecule has 4 heteroatoms. The summed E-state index contributed by atoms with van der Waals surface area (Å²) in [6, 6.07) is 4.28. The number of nitrogens with zero attached hydrogens (tertiary/aromatic N) is 2. The lowest BCUT2D eigenvalue weighted by Gasteiger charge is -2.13. The van der Waals surface area contributed by atoms with Gasteiger partial charge >= 0.3 is 0 Å². The highest BCUT2D eigenvalue weighted by molar-refractivity contribution is 7.15. The molecule has 0 saturated carbocycles. The number of nitrogen functional groups attached to an aromatic ring is 1. The highest BCUT2D eigenvalue weighted by Gasteiger charge is 2.26. The van der Waals surface area contributed by atoms with Gasteiger partial charge in [-0.25, -0.2) is 9.55 Å². The van der Waals surface area contributed by atoms with Gasteiger partial charge in [-0.2, -0.15) is 0 Å². The van der Waals surface area contributed by atoms with Crippen molar-refractivity contribution >= 4 is 16.5 Å². The van der Waals surface area contributed by atoms with Crippen molar-refractivity contribution in [3.05, 3.63) is 28.9 Å². The molecule has 0 spiro atoms. The van der Waals surface area contributed by atoms with Crippen LogP contribution in [0.5, 0.6) is 0 Å². The van der Waals surface area contributed by atoms with E-state index in [2.05, 4.69) is 34.8 Å². The van der Waals surface area contributed by atoms with Gasteiger partial charge < -0.3 is 5.73 Å². The Morgan fingerprint density at radius 1 is 1.47 bits per heavy atom. The van der Waals surface area contributed by atoms with Crippen LogP contribution in [0.2, 0.25) is 0 Å². The van der Waals surface area contributed by atoms with E-state index in [0.717, 1.165) is 31.5 Å². The number of fused-ring (bicyclic) bond motifs is 3. The maximum absolute atomic E-state index is 5.81. The molecule has 2 aromatic rings. The molecule has 3 nitrogen and oxygen atoms in total. The van der Waals surface area contributed by atoms with Crippen LogP contribution in [0.4, 0.5) is 5.13 Å². The van der Waals surface area contributed by atoms with Crippen LogP contribution in [-0.2, 0) is 19.4 Å². The molecule has 0 aliphatic heterocycles. The van der Waals surface area contributed by atoms with Crippen LogP contribution in [0.15, 0.2) is 18.3 Å². The van der Waals surface area contributed by atoms with E-state index in [1.165, 1.54) is 16.1 Å². The lowest BCUT2D eigenvalue weighted by molar-refractivity contribution is -0.703. The Morgan fingerprint density at radius 3 is 3.18 bits per heavy atom. The lowest BCUT2D eigenvalue weighted by atomic mass is 9.98. The topological polar surface area (TPSA) is 42.8 Å². The molecule has 0 aromatic carbocycles. The van der Waals surface area contributed by atoms with Crippen molar-refractivity contribution in [1.29, 1.82) is 0 Å². The first-order chi connectivity index (χ1) is 8.29. The first kappa shape index (κ1) is 10.7. The van der Waals surface area contributed by atoms with Gasteiger partial charge in [0.05, 0.1) is 11.3 Å². The highest BCUT2D eigenvalue weighted by Crippen LogP contribution is 2.35. The van der Waals surface area contributed by atoms with Crippen molar-refractivity contribution in [1.82, 2.24) is 4.98 Å². The standard InChI is InChI=1S/C13H16N3S/c1-2-7-16-8-3-4-9-10(16)5-6-11-12(9)15-13(14)17-11/h3-4,8H,2,5-7H2,1H3,(H2,14,15)/q+1. The third kappa shape index (κ3) is 1.72. The fourth-order valence-electron chi connectivity index (χ4n) is 2.51. The minimum Gasteiger partial charge on any atom is -0.375 e. The molecular formula is C13H16N3S+. The van der Waals surface area contributed by atoms with Crippen LogP contribution in [0.3, 0.4) is 0 Å². The van der Waals surface area contributed by atoms with Crippen molar-refractivity contribution in [2.75, 3.05) is 5.73 Å². The Bertz CT molecular complexity index is 560. The number of hydrogen-bond acceptors (Lipinski definition) is 3. The van der Waals surface area contributed by atoms with Crippen molar-refractivity contribution < 1.29 is 4.57 Å². The zero-order chi connectivity index (χ0) is 11.8. The Hall–Kier alpha value is -1.42. The second kappa shape index (κ2) is 4.11. The molecule has 2 N–H and O–H groups in total. The molecule has 0 radical (unpaired) electrons. The quantitative estimate of drug-likeness (QED) is 0.825. The predicted molar refractivity (Wildman–Crippen MR) is 69.9 cm³/mol. The number of anilines is 1. The molecule has 0 saturated heterocycles. The number of nitrogens with two attached hydrogens (primary N) is 1. The van der Waals surface area contributed by atoms with E-state index in [9.17, 15) is 0 Å². The first-order valence-corrected chi connectivity index (χ1v) is 6.88. The normalized spacial score (nSPS) is 13.2. The monoisotopic (exact) mass is 246 g/mol. The summed E-state index contributed by atoms with van der Waals surface area (Å²) in [4.78, 5) is 5.81. The Balaban J connectivity index is 2.16. The van der Waals surface area contributed by atoms with Gasteiger partial charge in [-0.15, -0.1) is 11.3 Å². The number of hydrogen-bond donors (Lipinski definition) is 1. The molecule has 0 fully saturated rings. The van der Waals surface area contributed by atoms with Gasteiger partial charge in [-0.3, -0.25) is 0 Å². The maximum Gasteiger partial charge on any atom is 0.191 e. The van der Waals surface area contributed by atoms with Gasteiger partial charge in [0.1, 0.15) is 6.54 Å². The van der Waals surface area contributed by atoms with Gasteiger partial charge in [0, 0.05) is 23.8 Å². The number of aromatic nitrogens is 2. The molecule has 88 valence electrons. The number of pyridine rings is 1. The molecule has 0 unspecified atom stereocenters. The zero-order valence-corrected chi connectivity index (χ0v) is 10.8. The van der Waals surface area contributed by atoms with Gasteiger partial charge in [-0.05, 0) is 12.5 Å². The summed E-state index contributed by atoms with van der Waals surface area (Å²) in [6.07, 6.45) is 5.51. The van der Waals surface area contributed by atoms with Crippen LogP contribution in [0.1, 0.15) is 23.9 Å². The minimum absolute atomic E-state index is 0.689. The van der Waals surface area contributed by atoms with E-state index >= 15 is 0 Å². The SMILES string of the molecule is CCC[n+]1cccc2c1CCc1sc(N)nc1-2. The predicted octanol–water partition coefficient (Wildman–Crippen LogP) is 2.19. The smallest absolute Gasteiger partial charge is 0.191 e. The van der Waals surface area contributed by atoms with Crippen LogP contribution in [-0.4, -0.2) is 4.98 Å². The second-order valence-electron chi connectivity index (χ2n) is 4.39. The molecule has 0 bridgehead atoms. The minimum atomic E-state index is 0.689. The Labute approximate surface area is 105 Å². The van der Waals surface area contributed by atoms with E-state index in [1.54, 1.807) is 11.3 Å². The summed E-state index contributed by atoms with van der Waals surface area (Å²) in [5.41, 5.74) is 9.61. The fraction of sp³-hybridized carbons (Fsp3) is 0.385. The van der Waals surface area contributed by atoms with Gasteiger partial charge in [0.2, 0.25) is 0 Å². The molecule has 3 rings (SSSR count). The molecule has 1 aliphatic rings. The van der Waals surface area contributed by atoms with Gasteiger partial charge in [0.15, 0.2) is 17.0 Å². The average molecular weight is 246 g/mol. The Morgan fingerprint density at radius 2 is 2.35 bits per heavy atom. The van der Waals surface area contributed by atoms with Gasteiger partial charge in [0.25, 0.3) is 0 Å². The van der Waals surface area contributed by atoms with Crippen LogP contribution in [0, 0.1) is 0 Å². The molecule has 2 heterocycles. The first-order valence-electron chi connectivity index (χ1n) is 6.06. The van der Waals surface area contributed by atoms with Crippen molar-refractivity contribution in [2.45, 2.75) is 32.7 Å². The molecule has 2 aromatic heterocycles. The van der Waals surface area contributed by atoms with Gasteiger partial charge in [-0.1, -0.05) is 6.92 Å². The summed E-state index contributed by atoms with van der Waals surface area (Å²) in [6.45, 7) is 3.29. The van der Waals surface area contributed by atoms with E-state index < -0.39 is 0 Å². The third-order valence-electron chi connectivity index (χ3n) is 3.21. The molecule has 0 amide bonds. The average Bonchev–Trinajstić information content (AvgIpc) is 2.70. The van der Waals surface area contributed by atoms with E-state index in [0.29, 0.717) is 5.13 Å². The molecule has 1 aliphatic carbocycles. The molecule has 0 atom stereocenters. The maximum atomic E-state index is 5.81. The van der Waals surface area contributed by atoms with E-state index in [-0.39, 0.29) is 0 Å². The van der Waals surface area contributed by atoms with Crippen LogP contribution in [0.25, 0.3) is 11.3 Å². The highest BCUT2D eigenvalue weighted by atomic mass is 32.1. The number of rotatable bonds is 2. The number of thiazole rings is 1. The summed E-state index contributed by atoms with van der Waals surface area (Å²) in [7, 11) is 0. The second-order valence-corrected chi connectivity index (χ2v) is 5.50.